The van der Waals surface area contributed by atoms with E-state index in [0.717, 1.165) is 37.2 Å². The number of ether oxygens (including phenoxy) is 2. The molecule has 1 unspecified atom stereocenters. The zero-order chi connectivity index (χ0) is 29.2. The molecule has 0 saturated carbocycles. The Morgan fingerprint density at radius 2 is 2.10 bits per heavy atom. The molecule has 2 aromatic heterocycles. The van der Waals surface area contributed by atoms with Crippen LogP contribution in [0, 0.1) is 12.7 Å². The number of imidazole rings is 1. The normalized spacial score (nSPS) is 19.2. The lowest BCUT2D eigenvalue weighted by molar-refractivity contribution is -0.0620. The highest BCUT2D eigenvalue weighted by molar-refractivity contribution is 6.33. The molecule has 1 amide bonds. The highest BCUT2D eigenvalue weighted by Gasteiger charge is 2.28. The second kappa shape index (κ2) is 12.2. The Morgan fingerprint density at radius 3 is 2.88 bits per heavy atom. The molecule has 2 fully saturated rings. The first-order chi connectivity index (χ1) is 20.4. The van der Waals surface area contributed by atoms with Gasteiger partial charge in [-0.3, -0.25) is 14.5 Å². The zero-order valence-corrected chi connectivity index (χ0v) is 24.2. The summed E-state index contributed by atoms with van der Waals surface area (Å²) in [4.78, 5) is 24.3. The number of aromatic nitrogens is 3. The monoisotopic (exact) mass is 593 g/mol. The van der Waals surface area contributed by atoms with Crippen molar-refractivity contribution in [2.24, 2.45) is 0 Å². The van der Waals surface area contributed by atoms with Gasteiger partial charge in [0.15, 0.2) is 23.0 Å². The molecule has 2 aliphatic heterocycles. The maximum atomic E-state index is 14.6. The molecular formula is C30H33ClFN7O3. The number of hydrogen-bond donors (Lipinski definition) is 3. The molecular weight excluding hydrogens is 561 g/mol. The van der Waals surface area contributed by atoms with Crippen LogP contribution in [0.3, 0.4) is 0 Å². The molecule has 2 aliphatic rings. The first-order valence-corrected chi connectivity index (χ1v) is 14.4. The Hall–Kier alpha value is -3.77. The molecule has 0 radical (unpaired) electrons. The van der Waals surface area contributed by atoms with E-state index >= 15 is 0 Å². The van der Waals surface area contributed by atoms with Gasteiger partial charge in [0.25, 0.3) is 5.91 Å². The number of anilines is 2. The molecule has 4 heterocycles. The molecule has 2 atom stereocenters. The quantitative estimate of drug-likeness (QED) is 0.290. The van der Waals surface area contributed by atoms with Crippen LogP contribution in [0.25, 0.3) is 16.9 Å². The van der Waals surface area contributed by atoms with E-state index in [0.29, 0.717) is 47.9 Å². The highest BCUT2D eigenvalue weighted by atomic mass is 35.5. The number of fused-ring (bicyclic) bond motifs is 1. The Morgan fingerprint density at radius 1 is 1.21 bits per heavy atom. The van der Waals surface area contributed by atoms with Crippen molar-refractivity contribution in [3.63, 3.8) is 0 Å². The van der Waals surface area contributed by atoms with Crippen molar-refractivity contribution in [2.45, 2.75) is 32.1 Å². The fourth-order valence-electron chi connectivity index (χ4n) is 5.54. The number of benzene rings is 2. The zero-order valence-electron chi connectivity index (χ0n) is 23.5. The van der Waals surface area contributed by atoms with Crippen LogP contribution in [-0.2, 0) is 4.74 Å². The molecule has 6 rings (SSSR count). The third kappa shape index (κ3) is 5.65. The van der Waals surface area contributed by atoms with Crippen molar-refractivity contribution in [2.75, 3.05) is 45.2 Å². The van der Waals surface area contributed by atoms with Crippen LogP contribution in [-0.4, -0.2) is 77.3 Å². The van der Waals surface area contributed by atoms with Gasteiger partial charge in [-0.25, -0.2) is 14.4 Å². The molecule has 0 aliphatic carbocycles. The summed E-state index contributed by atoms with van der Waals surface area (Å²) in [6.45, 7) is 5.61. The molecule has 42 heavy (non-hydrogen) atoms. The van der Waals surface area contributed by atoms with Crippen LogP contribution in [0.2, 0.25) is 5.02 Å². The largest absolute Gasteiger partial charge is 0.494 e. The van der Waals surface area contributed by atoms with Crippen LogP contribution in [0.4, 0.5) is 15.9 Å². The Labute approximate surface area is 248 Å². The number of rotatable bonds is 7. The minimum Gasteiger partial charge on any atom is -0.494 e. The van der Waals surface area contributed by atoms with Gasteiger partial charge in [-0.15, -0.1) is 0 Å². The number of halogens is 2. The third-order valence-corrected chi connectivity index (χ3v) is 8.10. The van der Waals surface area contributed by atoms with Crippen molar-refractivity contribution in [1.29, 1.82) is 0 Å². The smallest absolute Gasteiger partial charge is 0.254 e. The lowest BCUT2D eigenvalue weighted by atomic mass is 10.1. The molecule has 2 aromatic carbocycles. The number of piperidine rings is 1. The number of methoxy groups -OCH3 is 1. The van der Waals surface area contributed by atoms with Gasteiger partial charge < -0.3 is 25.0 Å². The van der Waals surface area contributed by atoms with E-state index in [1.165, 1.54) is 13.2 Å². The van der Waals surface area contributed by atoms with Crippen LogP contribution in [0.5, 0.6) is 5.75 Å². The fourth-order valence-corrected chi connectivity index (χ4v) is 5.80. The molecule has 4 aromatic rings. The summed E-state index contributed by atoms with van der Waals surface area (Å²) < 4.78 is 27.7. The molecule has 3 N–H and O–H groups in total. The van der Waals surface area contributed by atoms with Crippen molar-refractivity contribution in [1.82, 2.24) is 29.9 Å². The van der Waals surface area contributed by atoms with Gasteiger partial charge in [0, 0.05) is 48.8 Å². The average molecular weight is 594 g/mol. The Balaban J connectivity index is 1.18. The van der Waals surface area contributed by atoms with Crippen molar-refractivity contribution in [3.8, 4) is 17.0 Å². The predicted molar refractivity (Wildman–Crippen MR) is 159 cm³/mol. The Bertz CT molecular complexity index is 1610. The third-order valence-electron chi connectivity index (χ3n) is 7.73. The van der Waals surface area contributed by atoms with Gasteiger partial charge in [-0.1, -0.05) is 11.6 Å². The number of nitrogens with zero attached hydrogens (tertiary/aromatic N) is 4. The number of aryl methyl sites for hydroxylation is 1. The lowest BCUT2D eigenvalue weighted by Gasteiger charge is -2.36. The minimum atomic E-state index is -0.630. The summed E-state index contributed by atoms with van der Waals surface area (Å²) in [5.41, 5.74) is 3.87. The minimum absolute atomic E-state index is 0.0161. The van der Waals surface area contributed by atoms with Crippen molar-refractivity contribution in [3.05, 3.63) is 70.9 Å². The summed E-state index contributed by atoms with van der Waals surface area (Å²) in [5.74, 6) is -0.0696. The maximum Gasteiger partial charge on any atom is 0.254 e. The number of piperazine rings is 1. The molecule has 220 valence electrons. The summed E-state index contributed by atoms with van der Waals surface area (Å²) in [7, 11) is 1.39. The maximum absolute atomic E-state index is 14.6. The van der Waals surface area contributed by atoms with Gasteiger partial charge in [-0.2, -0.15) is 0 Å². The van der Waals surface area contributed by atoms with E-state index in [-0.39, 0.29) is 29.0 Å². The number of hydrogen-bond acceptors (Lipinski definition) is 8. The first kappa shape index (κ1) is 28.4. The van der Waals surface area contributed by atoms with Crippen LogP contribution in [0.1, 0.15) is 28.8 Å². The summed E-state index contributed by atoms with van der Waals surface area (Å²) in [6.07, 6.45) is 7.11. The van der Waals surface area contributed by atoms with E-state index < -0.39 is 5.82 Å². The Kier molecular flexibility index (Phi) is 8.25. The van der Waals surface area contributed by atoms with Gasteiger partial charge >= 0.3 is 0 Å². The second-order valence-corrected chi connectivity index (χ2v) is 10.9. The number of nitrogens with one attached hydrogen (secondary N) is 3. The van der Waals surface area contributed by atoms with Gasteiger partial charge in [0.1, 0.15) is 6.23 Å². The second-order valence-electron chi connectivity index (χ2n) is 10.5. The van der Waals surface area contributed by atoms with E-state index in [4.69, 9.17) is 21.1 Å². The first-order valence-electron chi connectivity index (χ1n) is 14.0. The average Bonchev–Trinajstić information content (AvgIpc) is 3.44. The standard InChI is InChI=1S/C30H33ClFN7O3/c1-18-14-19(5-6-21(18)30(40)38-12-10-34-25(17-38)42-20-4-3-9-33-15-20)37-28-29-36-16-23(39(29)13-11-35-28)22-7-8-24(41-2)27(32)26(22)31/h5-8,11,13-14,16,20,25,33-34H,3-4,9-10,12,15,17H2,1-2H3,(H,35,37)/t20-,25?/m1/s1. The van der Waals surface area contributed by atoms with Gasteiger partial charge in [0.2, 0.25) is 0 Å². The molecule has 12 heteroatoms. The molecule has 0 spiro atoms. The highest BCUT2D eigenvalue weighted by Crippen LogP contribution is 2.35. The van der Waals surface area contributed by atoms with Gasteiger partial charge in [0.05, 0.1) is 36.7 Å². The van der Waals surface area contributed by atoms with Crippen LogP contribution < -0.4 is 20.7 Å². The molecule has 10 nitrogen and oxygen atoms in total. The fraction of sp³-hybridized carbons (Fsp3) is 0.367. The summed E-state index contributed by atoms with van der Waals surface area (Å²) in [5, 5.41) is 10.0. The van der Waals surface area contributed by atoms with Gasteiger partial charge in [-0.05, 0) is 62.2 Å². The van der Waals surface area contributed by atoms with Crippen molar-refractivity contribution >= 4 is 34.7 Å². The molecule has 2 saturated heterocycles. The number of amides is 1. The molecule has 0 bridgehead atoms. The number of carbonyl (C=O) groups is 1. The summed E-state index contributed by atoms with van der Waals surface area (Å²) in [6, 6.07) is 8.83. The van der Waals surface area contributed by atoms with Crippen molar-refractivity contribution < 1.29 is 18.7 Å². The van der Waals surface area contributed by atoms with E-state index in [9.17, 15) is 9.18 Å². The van der Waals surface area contributed by atoms with E-state index in [1.54, 1.807) is 29.1 Å². The summed E-state index contributed by atoms with van der Waals surface area (Å²) >= 11 is 6.33. The lowest BCUT2D eigenvalue weighted by Crippen LogP contribution is -2.55. The van der Waals surface area contributed by atoms with E-state index in [2.05, 4.69) is 25.9 Å². The topological polar surface area (TPSA) is 105 Å². The SMILES string of the molecule is COc1ccc(-c2cnc3c(Nc4ccc(C(=O)N5CCNC(O[C@@H]6CCCNC6)C5)c(C)c4)nccn23)c(Cl)c1F. The van der Waals surface area contributed by atoms with Crippen LogP contribution in [0.15, 0.2) is 48.9 Å². The van der Waals surface area contributed by atoms with Crippen LogP contribution >= 0.6 is 11.6 Å². The predicted octanol–water partition coefficient (Wildman–Crippen LogP) is 4.39. The number of carbonyl (C=O) groups excluding carboxylic acids is 1. The van der Waals surface area contributed by atoms with E-state index in [1.807, 2.05) is 30.0 Å².